The maximum Gasteiger partial charge on any atom is 0.340 e. The molecule has 0 saturated heterocycles. The first-order valence-corrected chi connectivity index (χ1v) is 13.2. The third-order valence-corrected chi connectivity index (χ3v) is 6.31. The number of rotatable bonds is 4. The smallest absolute Gasteiger partial charge is 0.340 e. The van der Waals surface area contributed by atoms with Crippen LogP contribution in [0.5, 0.6) is 11.5 Å². The van der Waals surface area contributed by atoms with Crippen LogP contribution < -0.4 is 5.32 Å². The molecule has 2 aromatic carbocycles. The number of nitrogens with zero attached hydrogens (tertiary/aromatic N) is 4. The quantitative estimate of drug-likeness (QED) is 0.221. The highest BCUT2D eigenvalue weighted by molar-refractivity contribution is 6.03. The molecule has 4 aromatic rings. The van der Waals surface area contributed by atoms with Crippen LogP contribution in [0, 0.1) is 0 Å². The minimum Gasteiger partial charge on any atom is -0.507 e. The van der Waals surface area contributed by atoms with Gasteiger partial charge < -0.3 is 20.3 Å². The molecule has 11 heteroatoms. The maximum absolute atomic E-state index is 12.8. The number of ether oxygens (including phenoxy) is 1. The summed E-state index contributed by atoms with van der Waals surface area (Å²) in [6, 6.07) is 7.83. The van der Waals surface area contributed by atoms with Gasteiger partial charge in [0.05, 0.1) is 24.8 Å². The lowest BCUT2D eigenvalue weighted by Crippen LogP contribution is -2.20. The Labute approximate surface area is 244 Å². The molecule has 0 spiro atoms. The van der Waals surface area contributed by atoms with Crippen molar-refractivity contribution in [1.29, 1.82) is 0 Å². The highest BCUT2D eigenvalue weighted by Crippen LogP contribution is 2.40. The number of carbonyl (C=O) groups excluding carboxylic acids is 3. The average Bonchev–Trinajstić information content (AvgIpc) is 3.64. The summed E-state index contributed by atoms with van der Waals surface area (Å²) in [7, 11) is 1.23. The van der Waals surface area contributed by atoms with Gasteiger partial charge >= 0.3 is 12.0 Å². The summed E-state index contributed by atoms with van der Waals surface area (Å²) in [6.45, 7) is 12.0. The molecule has 1 amide bonds. The number of hydrogen-bond acceptors (Lipinski definition) is 8. The number of para-hydroxylation sites is 1. The van der Waals surface area contributed by atoms with Gasteiger partial charge in [-0.2, -0.15) is 0 Å². The first-order chi connectivity index (χ1) is 19.6. The van der Waals surface area contributed by atoms with Gasteiger partial charge in [0.2, 0.25) is 5.91 Å². The molecule has 0 bridgehead atoms. The SMILES string of the molecule is COC(=O)c1cccc(O)c1NC(=O)Cc1cc(C(C)(C)C)c(O)c(C(C)(C)C)c1.O=C(n1ccnc1)n1ccnc1. The molecule has 0 aliphatic carbocycles. The van der Waals surface area contributed by atoms with Gasteiger partial charge in [0.1, 0.15) is 24.2 Å². The number of amides is 1. The molecule has 0 fully saturated rings. The van der Waals surface area contributed by atoms with Crippen molar-refractivity contribution in [2.45, 2.75) is 58.8 Å². The summed E-state index contributed by atoms with van der Waals surface area (Å²) < 4.78 is 7.48. The van der Waals surface area contributed by atoms with E-state index in [-0.39, 0.29) is 46.0 Å². The molecule has 2 heterocycles. The second-order valence-electron chi connectivity index (χ2n) is 11.7. The average molecular weight is 576 g/mol. The summed E-state index contributed by atoms with van der Waals surface area (Å²) in [5.41, 5.74) is 1.71. The van der Waals surface area contributed by atoms with Crippen LogP contribution in [0.4, 0.5) is 10.5 Å². The molecule has 0 radical (unpaired) electrons. The molecule has 0 atom stereocenters. The number of esters is 1. The van der Waals surface area contributed by atoms with Crippen LogP contribution >= 0.6 is 0 Å². The summed E-state index contributed by atoms with van der Waals surface area (Å²) >= 11 is 0. The number of benzene rings is 2. The lowest BCUT2D eigenvalue weighted by atomic mass is 9.78. The van der Waals surface area contributed by atoms with Crippen LogP contribution in [0.15, 0.2) is 67.8 Å². The molecule has 4 rings (SSSR count). The van der Waals surface area contributed by atoms with Gasteiger partial charge in [-0.25, -0.2) is 19.6 Å². The van der Waals surface area contributed by atoms with Gasteiger partial charge in [-0.1, -0.05) is 59.7 Å². The molecule has 0 saturated carbocycles. The Hall–Kier alpha value is -4.93. The molecule has 11 nitrogen and oxygen atoms in total. The van der Waals surface area contributed by atoms with E-state index in [2.05, 4.69) is 15.3 Å². The molecule has 3 N–H and O–H groups in total. The van der Waals surface area contributed by atoms with E-state index in [0.717, 1.165) is 16.7 Å². The van der Waals surface area contributed by atoms with E-state index in [0.29, 0.717) is 0 Å². The fourth-order valence-electron chi connectivity index (χ4n) is 4.14. The summed E-state index contributed by atoms with van der Waals surface area (Å²) in [5.74, 6) is -1.03. The van der Waals surface area contributed by atoms with E-state index >= 15 is 0 Å². The fraction of sp³-hybridized carbons (Fsp3) is 0.323. The Morgan fingerprint density at radius 2 is 1.40 bits per heavy atom. The molecule has 2 aromatic heterocycles. The monoisotopic (exact) mass is 575 g/mol. The number of imidazole rings is 2. The molecule has 222 valence electrons. The second kappa shape index (κ2) is 12.7. The van der Waals surface area contributed by atoms with Crippen molar-refractivity contribution < 1.29 is 29.3 Å². The highest BCUT2D eigenvalue weighted by Gasteiger charge is 2.27. The van der Waals surface area contributed by atoms with E-state index in [9.17, 15) is 24.6 Å². The maximum atomic E-state index is 12.8. The molecule has 0 aliphatic rings. The topological polar surface area (TPSA) is 149 Å². The Balaban J connectivity index is 0.000000332. The summed E-state index contributed by atoms with van der Waals surface area (Å²) in [6.07, 6.45) is 9.18. The third-order valence-electron chi connectivity index (χ3n) is 6.31. The van der Waals surface area contributed by atoms with Crippen LogP contribution in [0.25, 0.3) is 0 Å². The number of phenols is 2. The van der Waals surface area contributed by atoms with Crippen molar-refractivity contribution in [1.82, 2.24) is 19.1 Å². The van der Waals surface area contributed by atoms with Crippen molar-refractivity contribution in [3.05, 3.63) is 90.0 Å². The first kappa shape index (κ1) is 31.6. The van der Waals surface area contributed by atoms with E-state index in [1.54, 1.807) is 24.8 Å². The molecular formula is C31H37N5O6. The molecule has 42 heavy (non-hydrogen) atoms. The minimum atomic E-state index is -0.657. The lowest BCUT2D eigenvalue weighted by molar-refractivity contribution is -0.115. The van der Waals surface area contributed by atoms with Crippen LogP contribution in [0.3, 0.4) is 0 Å². The van der Waals surface area contributed by atoms with Crippen molar-refractivity contribution >= 4 is 23.6 Å². The predicted molar refractivity (Wildman–Crippen MR) is 158 cm³/mol. The Morgan fingerprint density at radius 3 is 1.83 bits per heavy atom. The third kappa shape index (κ3) is 7.62. The highest BCUT2D eigenvalue weighted by atomic mass is 16.5. The Kier molecular flexibility index (Phi) is 9.56. The zero-order valence-corrected chi connectivity index (χ0v) is 24.9. The normalized spacial score (nSPS) is 11.3. The van der Waals surface area contributed by atoms with Crippen molar-refractivity contribution in [3.63, 3.8) is 0 Å². The van der Waals surface area contributed by atoms with E-state index < -0.39 is 11.9 Å². The van der Waals surface area contributed by atoms with Crippen LogP contribution in [0.2, 0.25) is 0 Å². The van der Waals surface area contributed by atoms with Crippen molar-refractivity contribution in [2.75, 3.05) is 12.4 Å². The number of aromatic nitrogens is 4. The van der Waals surface area contributed by atoms with Gasteiger partial charge in [-0.15, -0.1) is 0 Å². The summed E-state index contributed by atoms with van der Waals surface area (Å²) in [5, 5.41) is 23.6. The Morgan fingerprint density at radius 1 is 0.881 bits per heavy atom. The zero-order valence-electron chi connectivity index (χ0n) is 24.9. The summed E-state index contributed by atoms with van der Waals surface area (Å²) in [4.78, 5) is 43.7. The number of carbonyl (C=O) groups is 3. The van der Waals surface area contributed by atoms with Gasteiger partial charge in [0.25, 0.3) is 0 Å². The van der Waals surface area contributed by atoms with Crippen LogP contribution in [-0.4, -0.2) is 54.3 Å². The number of anilines is 1. The van der Waals surface area contributed by atoms with Gasteiger partial charge in [0, 0.05) is 24.8 Å². The molecular weight excluding hydrogens is 538 g/mol. The fourth-order valence-corrected chi connectivity index (χ4v) is 4.14. The van der Waals surface area contributed by atoms with Crippen LogP contribution in [-0.2, 0) is 26.8 Å². The number of hydrogen-bond donors (Lipinski definition) is 3. The zero-order chi connectivity index (χ0) is 31.2. The standard InChI is InChI=1S/C24H31NO5.C7H6N4O/c1-23(2,3)16-11-14(12-17(21(16)28)24(4,5)6)13-19(27)25-20-15(22(29)30-7)9-8-10-18(20)26;12-7(10-3-1-8-5-10)11-4-2-9-6-11/h8-12,26,28H,13H2,1-7H3,(H,25,27);1-6H. The number of methoxy groups -OCH3 is 1. The van der Waals surface area contributed by atoms with Crippen LogP contribution in [0.1, 0.15) is 68.6 Å². The Bertz CT molecular complexity index is 1470. The van der Waals surface area contributed by atoms with Crippen molar-refractivity contribution in [3.8, 4) is 11.5 Å². The number of nitrogens with one attached hydrogen (secondary N) is 1. The van der Waals surface area contributed by atoms with E-state index in [1.807, 2.05) is 53.7 Å². The first-order valence-electron chi connectivity index (χ1n) is 13.2. The number of phenolic OH excluding ortho intramolecular Hbond substituents is 2. The number of aromatic hydroxyl groups is 2. The minimum absolute atomic E-state index is 0.0141. The van der Waals surface area contributed by atoms with E-state index in [1.165, 1.54) is 47.1 Å². The van der Waals surface area contributed by atoms with Gasteiger partial charge in [0.15, 0.2) is 0 Å². The largest absolute Gasteiger partial charge is 0.507 e. The van der Waals surface area contributed by atoms with E-state index in [4.69, 9.17) is 4.74 Å². The molecule has 0 aliphatic heterocycles. The van der Waals surface area contributed by atoms with Gasteiger partial charge in [-0.3, -0.25) is 13.9 Å². The van der Waals surface area contributed by atoms with Crippen molar-refractivity contribution in [2.24, 2.45) is 0 Å². The predicted octanol–water partition coefficient (Wildman–Crippen LogP) is 5.26. The molecule has 0 unspecified atom stereocenters. The second-order valence-corrected chi connectivity index (χ2v) is 11.7. The lowest BCUT2D eigenvalue weighted by Gasteiger charge is -2.28. The van der Waals surface area contributed by atoms with Gasteiger partial charge in [-0.05, 0) is 39.7 Å².